The summed E-state index contributed by atoms with van der Waals surface area (Å²) in [5.41, 5.74) is 3.89. The Morgan fingerprint density at radius 1 is 1.21 bits per heavy atom. The van der Waals surface area contributed by atoms with E-state index in [2.05, 4.69) is 17.2 Å². The van der Waals surface area contributed by atoms with Crippen LogP contribution in [-0.4, -0.2) is 39.7 Å². The first-order valence-electron chi connectivity index (χ1n) is 9.57. The van der Waals surface area contributed by atoms with Crippen LogP contribution in [0, 0.1) is 0 Å². The van der Waals surface area contributed by atoms with Gasteiger partial charge >= 0.3 is 0 Å². The number of carbonyl (C=O) groups excluding carboxylic acids is 2. The highest BCUT2D eigenvalue weighted by Crippen LogP contribution is 2.24. The van der Waals surface area contributed by atoms with E-state index in [9.17, 15) is 9.59 Å². The van der Waals surface area contributed by atoms with Crippen LogP contribution in [-0.2, 0) is 17.6 Å². The number of imide groups is 1. The van der Waals surface area contributed by atoms with Crippen molar-refractivity contribution in [3.05, 3.63) is 65.5 Å². The predicted octanol–water partition coefficient (Wildman–Crippen LogP) is 3.38. The van der Waals surface area contributed by atoms with E-state index in [4.69, 9.17) is 9.84 Å². The monoisotopic (exact) mass is 412 g/mol. The molecule has 1 aromatic carbocycles. The van der Waals surface area contributed by atoms with E-state index in [0.717, 1.165) is 35.0 Å². The van der Waals surface area contributed by atoms with Crippen molar-refractivity contribution in [2.75, 3.05) is 13.2 Å². The number of aliphatic hydroxyl groups is 1. The van der Waals surface area contributed by atoms with Gasteiger partial charge in [0.2, 0.25) is 5.91 Å². The summed E-state index contributed by atoms with van der Waals surface area (Å²) in [6, 6.07) is 11.5. The molecule has 0 saturated carbocycles. The van der Waals surface area contributed by atoms with Crippen molar-refractivity contribution in [1.29, 1.82) is 0 Å². The highest BCUT2D eigenvalue weighted by Gasteiger charge is 2.31. The minimum absolute atomic E-state index is 0.0699. The SMILES string of the molecule is CCc1ccc(/C(=C/CCO)COc2ccc(CC3SC(=O)NC3=O)cc2)nc1. The lowest BCUT2D eigenvalue weighted by Crippen LogP contribution is -2.25. The molecular weight excluding hydrogens is 388 g/mol. The van der Waals surface area contributed by atoms with Gasteiger partial charge in [-0.15, -0.1) is 0 Å². The number of hydrogen-bond acceptors (Lipinski definition) is 6. The molecule has 29 heavy (non-hydrogen) atoms. The average Bonchev–Trinajstić information content (AvgIpc) is 3.06. The lowest BCUT2D eigenvalue weighted by molar-refractivity contribution is -0.118. The highest BCUT2D eigenvalue weighted by molar-refractivity contribution is 8.15. The van der Waals surface area contributed by atoms with Crippen LogP contribution in [0.3, 0.4) is 0 Å². The zero-order chi connectivity index (χ0) is 20.6. The maximum Gasteiger partial charge on any atom is 0.286 e. The number of nitrogens with one attached hydrogen (secondary N) is 1. The van der Waals surface area contributed by atoms with Crippen LogP contribution in [0.25, 0.3) is 5.57 Å². The van der Waals surface area contributed by atoms with Gasteiger partial charge in [0.15, 0.2) is 0 Å². The van der Waals surface area contributed by atoms with Gasteiger partial charge < -0.3 is 9.84 Å². The molecular formula is C22H24N2O4S. The van der Waals surface area contributed by atoms with Gasteiger partial charge in [-0.3, -0.25) is 19.9 Å². The average molecular weight is 413 g/mol. The Balaban J connectivity index is 1.61. The molecule has 1 saturated heterocycles. The summed E-state index contributed by atoms with van der Waals surface area (Å²) in [4.78, 5) is 27.5. The molecule has 2 aromatic rings. The number of carbonyl (C=O) groups is 2. The maximum absolute atomic E-state index is 11.7. The minimum atomic E-state index is -0.376. The summed E-state index contributed by atoms with van der Waals surface area (Å²) >= 11 is 1.03. The number of aryl methyl sites for hydroxylation is 1. The Labute approximate surface area is 174 Å². The van der Waals surface area contributed by atoms with Crippen molar-refractivity contribution < 1.29 is 19.4 Å². The summed E-state index contributed by atoms with van der Waals surface area (Å²) in [6.45, 7) is 2.50. The van der Waals surface area contributed by atoms with Crippen LogP contribution < -0.4 is 10.1 Å². The van der Waals surface area contributed by atoms with E-state index < -0.39 is 0 Å². The van der Waals surface area contributed by atoms with Gasteiger partial charge in [0.25, 0.3) is 5.24 Å². The van der Waals surface area contributed by atoms with E-state index in [1.807, 2.05) is 48.7 Å². The van der Waals surface area contributed by atoms with Crippen LogP contribution in [0.15, 0.2) is 48.7 Å². The summed E-state index contributed by atoms with van der Waals surface area (Å²) in [6.07, 6.45) is 5.77. The van der Waals surface area contributed by atoms with Gasteiger partial charge in [-0.1, -0.05) is 43.0 Å². The Hall–Kier alpha value is -2.64. The number of nitrogens with zero attached hydrogens (tertiary/aromatic N) is 1. The number of pyridine rings is 1. The lowest BCUT2D eigenvalue weighted by atomic mass is 10.1. The summed E-state index contributed by atoms with van der Waals surface area (Å²) < 4.78 is 5.91. The van der Waals surface area contributed by atoms with Gasteiger partial charge in [0.1, 0.15) is 12.4 Å². The molecule has 3 rings (SSSR count). The summed E-state index contributed by atoms with van der Waals surface area (Å²) in [5, 5.41) is 10.8. The third-order valence-electron chi connectivity index (χ3n) is 4.59. The maximum atomic E-state index is 11.7. The quantitative estimate of drug-likeness (QED) is 0.656. The second kappa shape index (κ2) is 10.2. The molecule has 6 nitrogen and oxygen atoms in total. The molecule has 1 aliphatic rings. The number of thioether (sulfide) groups is 1. The fourth-order valence-electron chi connectivity index (χ4n) is 2.92. The van der Waals surface area contributed by atoms with Crippen molar-refractivity contribution in [2.24, 2.45) is 0 Å². The molecule has 2 amide bonds. The Bertz CT molecular complexity index is 879. The standard InChI is InChI=1S/C22H24N2O4S/c1-2-15-7-10-19(23-13-15)17(4-3-11-25)14-28-18-8-5-16(6-9-18)12-20-21(26)24-22(27)29-20/h4-10,13,20,25H,2-3,11-12,14H2,1H3,(H,24,26,27)/b17-4+. The first-order valence-corrected chi connectivity index (χ1v) is 10.5. The predicted molar refractivity (Wildman–Crippen MR) is 114 cm³/mol. The third kappa shape index (κ3) is 5.92. The van der Waals surface area contributed by atoms with Gasteiger partial charge in [0, 0.05) is 18.4 Å². The highest BCUT2D eigenvalue weighted by atomic mass is 32.2. The number of ether oxygens (including phenoxy) is 1. The molecule has 0 spiro atoms. The van der Waals surface area contributed by atoms with Crippen molar-refractivity contribution in [2.45, 2.75) is 31.4 Å². The number of aromatic nitrogens is 1. The number of aliphatic hydroxyl groups excluding tert-OH is 1. The summed E-state index contributed by atoms with van der Waals surface area (Å²) in [7, 11) is 0. The molecule has 1 fully saturated rings. The van der Waals surface area contributed by atoms with E-state index >= 15 is 0 Å². The van der Waals surface area contributed by atoms with Crippen molar-refractivity contribution in [1.82, 2.24) is 10.3 Å². The lowest BCUT2D eigenvalue weighted by Gasteiger charge is -2.11. The Morgan fingerprint density at radius 2 is 1.97 bits per heavy atom. The van der Waals surface area contributed by atoms with Gasteiger partial charge in [0.05, 0.1) is 10.9 Å². The molecule has 1 aromatic heterocycles. The first-order chi connectivity index (χ1) is 14.1. The van der Waals surface area contributed by atoms with Crippen molar-refractivity contribution >= 4 is 28.5 Å². The largest absolute Gasteiger partial charge is 0.489 e. The fourth-order valence-corrected chi connectivity index (χ4v) is 3.78. The summed E-state index contributed by atoms with van der Waals surface area (Å²) in [5.74, 6) is 0.467. The molecule has 0 bridgehead atoms. The van der Waals surface area contributed by atoms with Gasteiger partial charge in [-0.05, 0) is 48.6 Å². The fraction of sp³-hybridized carbons (Fsp3) is 0.318. The normalized spacial score (nSPS) is 16.8. The molecule has 0 radical (unpaired) electrons. The van der Waals surface area contributed by atoms with E-state index in [1.54, 1.807) is 0 Å². The van der Waals surface area contributed by atoms with Crippen LogP contribution in [0.2, 0.25) is 0 Å². The molecule has 7 heteroatoms. The Morgan fingerprint density at radius 3 is 2.55 bits per heavy atom. The van der Waals surface area contributed by atoms with Crippen molar-refractivity contribution in [3.8, 4) is 5.75 Å². The van der Waals surface area contributed by atoms with Crippen molar-refractivity contribution in [3.63, 3.8) is 0 Å². The number of rotatable bonds is 9. The molecule has 1 aliphatic heterocycles. The van der Waals surface area contributed by atoms with E-state index in [0.29, 0.717) is 25.2 Å². The number of hydrogen-bond donors (Lipinski definition) is 2. The Kier molecular flexibility index (Phi) is 7.43. The van der Waals surface area contributed by atoms with Crippen LogP contribution in [0.4, 0.5) is 4.79 Å². The molecule has 1 unspecified atom stereocenters. The van der Waals surface area contributed by atoms with Crippen LogP contribution in [0.1, 0.15) is 30.2 Å². The number of benzene rings is 1. The number of amides is 2. The minimum Gasteiger partial charge on any atom is -0.489 e. The van der Waals surface area contributed by atoms with Crippen LogP contribution >= 0.6 is 11.8 Å². The van der Waals surface area contributed by atoms with Crippen LogP contribution in [0.5, 0.6) is 5.75 Å². The smallest absolute Gasteiger partial charge is 0.286 e. The van der Waals surface area contributed by atoms with E-state index in [-0.39, 0.29) is 23.0 Å². The molecule has 0 aliphatic carbocycles. The van der Waals surface area contributed by atoms with Gasteiger partial charge in [-0.2, -0.15) is 0 Å². The molecule has 152 valence electrons. The van der Waals surface area contributed by atoms with E-state index in [1.165, 1.54) is 5.56 Å². The topological polar surface area (TPSA) is 88.5 Å². The second-order valence-electron chi connectivity index (χ2n) is 6.67. The zero-order valence-corrected chi connectivity index (χ0v) is 17.1. The first kappa shape index (κ1) is 21.1. The molecule has 2 heterocycles. The zero-order valence-electron chi connectivity index (χ0n) is 16.3. The van der Waals surface area contributed by atoms with Gasteiger partial charge in [-0.25, -0.2) is 0 Å². The third-order valence-corrected chi connectivity index (χ3v) is 5.57. The molecule has 1 atom stereocenters. The molecule has 2 N–H and O–H groups in total. The second-order valence-corrected chi connectivity index (χ2v) is 7.84.